The second-order valence-electron chi connectivity index (χ2n) is 5.18. The minimum absolute atomic E-state index is 0.862. The standard InChI is InChI=1S/C16H30O3/c1-2-3-4-5-6-7-8-9-10-11-12-13-14-15(17)16(18)19/h13-15,17H,2-12H2,1H3,(H,18,19)/b14-13+/t15-/m1/s1. The van der Waals surface area contributed by atoms with Gasteiger partial charge in [-0.05, 0) is 18.9 Å². The third-order valence-electron chi connectivity index (χ3n) is 3.30. The molecule has 0 amide bonds. The van der Waals surface area contributed by atoms with Crippen LogP contribution in [0.5, 0.6) is 0 Å². The number of aliphatic hydroxyl groups excluding tert-OH is 1. The number of carboxylic acid groups (broad SMARTS) is 1. The molecule has 3 nitrogen and oxygen atoms in total. The first kappa shape index (κ1) is 18.2. The maximum absolute atomic E-state index is 10.3. The van der Waals surface area contributed by atoms with Crippen LogP contribution in [0.4, 0.5) is 0 Å². The maximum Gasteiger partial charge on any atom is 0.336 e. The lowest BCUT2D eigenvalue weighted by Gasteiger charge is -2.01. The highest BCUT2D eigenvalue weighted by molar-refractivity contribution is 5.74. The zero-order chi connectivity index (χ0) is 14.3. The number of aliphatic hydroxyl groups is 1. The van der Waals surface area contributed by atoms with Crippen molar-refractivity contribution in [2.45, 2.75) is 83.7 Å². The number of rotatable bonds is 13. The zero-order valence-electron chi connectivity index (χ0n) is 12.3. The lowest BCUT2D eigenvalue weighted by molar-refractivity contribution is -0.144. The summed E-state index contributed by atoms with van der Waals surface area (Å²) in [6.07, 6.45) is 15.7. The van der Waals surface area contributed by atoms with Gasteiger partial charge in [0.05, 0.1) is 0 Å². The molecular weight excluding hydrogens is 240 g/mol. The van der Waals surface area contributed by atoms with Crippen molar-refractivity contribution >= 4 is 5.97 Å². The Kier molecular flexibility index (Phi) is 13.0. The molecule has 0 heterocycles. The minimum atomic E-state index is -1.34. The van der Waals surface area contributed by atoms with Gasteiger partial charge in [-0.3, -0.25) is 0 Å². The van der Waals surface area contributed by atoms with Crippen LogP contribution in [0.25, 0.3) is 0 Å². The van der Waals surface area contributed by atoms with Crippen molar-refractivity contribution < 1.29 is 15.0 Å². The first-order valence-corrected chi connectivity index (χ1v) is 7.76. The fourth-order valence-corrected chi connectivity index (χ4v) is 2.06. The van der Waals surface area contributed by atoms with E-state index in [9.17, 15) is 4.79 Å². The first-order valence-electron chi connectivity index (χ1n) is 7.76. The number of carbonyl (C=O) groups is 1. The molecule has 0 rings (SSSR count). The van der Waals surface area contributed by atoms with Gasteiger partial charge in [-0.1, -0.05) is 70.8 Å². The molecule has 0 radical (unpaired) electrons. The average molecular weight is 270 g/mol. The van der Waals surface area contributed by atoms with Gasteiger partial charge in [-0.15, -0.1) is 0 Å². The van der Waals surface area contributed by atoms with Crippen LogP contribution in [0, 0.1) is 0 Å². The number of carboxylic acids is 1. The maximum atomic E-state index is 10.3. The van der Waals surface area contributed by atoms with Crippen LogP contribution in [-0.4, -0.2) is 22.3 Å². The highest BCUT2D eigenvalue weighted by atomic mass is 16.4. The molecule has 2 N–H and O–H groups in total. The molecule has 0 aliphatic heterocycles. The third kappa shape index (κ3) is 13.4. The molecule has 0 saturated heterocycles. The average Bonchev–Trinajstić information content (AvgIpc) is 2.39. The molecule has 112 valence electrons. The van der Waals surface area contributed by atoms with Gasteiger partial charge in [-0.25, -0.2) is 4.79 Å². The lowest BCUT2D eigenvalue weighted by Crippen LogP contribution is -2.15. The lowest BCUT2D eigenvalue weighted by atomic mass is 10.1. The van der Waals surface area contributed by atoms with Gasteiger partial charge >= 0.3 is 5.97 Å². The molecule has 0 aromatic heterocycles. The quantitative estimate of drug-likeness (QED) is 0.387. The minimum Gasteiger partial charge on any atom is -0.479 e. The third-order valence-corrected chi connectivity index (χ3v) is 3.30. The van der Waals surface area contributed by atoms with E-state index in [2.05, 4.69) is 6.92 Å². The predicted octanol–water partition coefficient (Wildman–Crippen LogP) is 4.30. The fourth-order valence-electron chi connectivity index (χ4n) is 2.06. The smallest absolute Gasteiger partial charge is 0.336 e. The second kappa shape index (κ2) is 13.6. The first-order chi connectivity index (χ1) is 9.18. The predicted molar refractivity (Wildman–Crippen MR) is 79.2 cm³/mol. The molecule has 0 fully saturated rings. The van der Waals surface area contributed by atoms with Crippen LogP contribution < -0.4 is 0 Å². The highest BCUT2D eigenvalue weighted by Gasteiger charge is 2.06. The SMILES string of the molecule is CCCCCCCCCCCC/C=C/[C@@H](O)C(=O)O. The van der Waals surface area contributed by atoms with Crippen LogP contribution in [0.1, 0.15) is 77.6 Å². The molecule has 0 aliphatic carbocycles. The Morgan fingerprint density at radius 1 is 0.947 bits per heavy atom. The van der Waals surface area contributed by atoms with Crippen LogP contribution in [-0.2, 0) is 4.79 Å². The number of allylic oxidation sites excluding steroid dienone is 1. The van der Waals surface area contributed by atoms with Gasteiger partial charge in [0, 0.05) is 0 Å². The topological polar surface area (TPSA) is 57.5 Å². The van der Waals surface area contributed by atoms with E-state index in [0.29, 0.717) is 0 Å². The molecule has 0 saturated carbocycles. The molecule has 0 aromatic rings. The van der Waals surface area contributed by atoms with Crippen molar-refractivity contribution in [2.75, 3.05) is 0 Å². The van der Waals surface area contributed by atoms with Gasteiger partial charge in [0.1, 0.15) is 0 Å². The van der Waals surface area contributed by atoms with Crippen molar-refractivity contribution in [1.29, 1.82) is 0 Å². The van der Waals surface area contributed by atoms with Crippen LogP contribution in [0.15, 0.2) is 12.2 Å². The van der Waals surface area contributed by atoms with Crippen LogP contribution in [0.3, 0.4) is 0 Å². The summed E-state index contributed by atoms with van der Waals surface area (Å²) in [6, 6.07) is 0. The summed E-state index contributed by atoms with van der Waals surface area (Å²) < 4.78 is 0. The van der Waals surface area contributed by atoms with Gasteiger partial charge in [-0.2, -0.15) is 0 Å². The van der Waals surface area contributed by atoms with Gasteiger partial charge in [0.15, 0.2) is 6.10 Å². The van der Waals surface area contributed by atoms with E-state index < -0.39 is 12.1 Å². The van der Waals surface area contributed by atoms with E-state index in [1.165, 1.54) is 63.9 Å². The summed E-state index contributed by atoms with van der Waals surface area (Å²) in [6.45, 7) is 2.24. The Balaban J connectivity index is 3.17. The normalized spacial score (nSPS) is 12.9. The summed E-state index contributed by atoms with van der Waals surface area (Å²) in [5.74, 6) is -1.18. The van der Waals surface area contributed by atoms with Crippen molar-refractivity contribution in [3.63, 3.8) is 0 Å². The zero-order valence-corrected chi connectivity index (χ0v) is 12.3. The van der Waals surface area contributed by atoms with Gasteiger partial charge < -0.3 is 10.2 Å². The van der Waals surface area contributed by atoms with E-state index in [1.54, 1.807) is 6.08 Å². The summed E-state index contributed by atoms with van der Waals surface area (Å²) in [5, 5.41) is 17.5. The van der Waals surface area contributed by atoms with E-state index in [-0.39, 0.29) is 0 Å². The Labute approximate surface area is 117 Å². The van der Waals surface area contributed by atoms with Crippen molar-refractivity contribution in [3.05, 3.63) is 12.2 Å². The molecule has 0 spiro atoms. The summed E-state index contributed by atoms with van der Waals surface area (Å²) in [7, 11) is 0. The van der Waals surface area contributed by atoms with Crippen LogP contribution >= 0.6 is 0 Å². The molecule has 0 unspecified atom stereocenters. The summed E-state index contributed by atoms with van der Waals surface area (Å²) >= 11 is 0. The van der Waals surface area contributed by atoms with Gasteiger partial charge in [0.2, 0.25) is 0 Å². The number of unbranched alkanes of at least 4 members (excludes halogenated alkanes) is 10. The van der Waals surface area contributed by atoms with E-state index >= 15 is 0 Å². The Bertz CT molecular complexity index is 236. The second-order valence-corrected chi connectivity index (χ2v) is 5.18. The molecular formula is C16H30O3. The molecule has 0 bridgehead atoms. The van der Waals surface area contributed by atoms with Crippen molar-refractivity contribution in [1.82, 2.24) is 0 Å². The fraction of sp³-hybridized carbons (Fsp3) is 0.812. The van der Waals surface area contributed by atoms with E-state index in [4.69, 9.17) is 10.2 Å². The largest absolute Gasteiger partial charge is 0.479 e. The van der Waals surface area contributed by atoms with E-state index in [0.717, 1.165) is 12.8 Å². The summed E-state index contributed by atoms with van der Waals surface area (Å²) in [5.41, 5.74) is 0. The molecule has 0 aromatic carbocycles. The van der Waals surface area contributed by atoms with Crippen molar-refractivity contribution in [2.24, 2.45) is 0 Å². The van der Waals surface area contributed by atoms with Crippen LogP contribution in [0.2, 0.25) is 0 Å². The van der Waals surface area contributed by atoms with E-state index in [1.807, 2.05) is 0 Å². The monoisotopic (exact) mass is 270 g/mol. The molecule has 3 heteroatoms. The number of aliphatic carboxylic acids is 1. The van der Waals surface area contributed by atoms with Gasteiger partial charge in [0.25, 0.3) is 0 Å². The Morgan fingerprint density at radius 2 is 1.42 bits per heavy atom. The molecule has 0 aliphatic rings. The highest BCUT2D eigenvalue weighted by Crippen LogP contribution is 2.11. The number of hydrogen-bond acceptors (Lipinski definition) is 2. The Hall–Kier alpha value is -0.830. The molecule has 19 heavy (non-hydrogen) atoms. The van der Waals surface area contributed by atoms with Crippen molar-refractivity contribution in [3.8, 4) is 0 Å². The Morgan fingerprint density at radius 3 is 1.89 bits per heavy atom. The summed E-state index contributed by atoms with van der Waals surface area (Å²) in [4.78, 5) is 10.3. The number of hydrogen-bond donors (Lipinski definition) is 2. The molecule has 1 atom stereocenters.